The Morgan fingerprint density at radius 1 is 1.50 bits per heavy atom. The molecule has 1 aromatic heterocycles. The van der Waals surface area contributed by atoms with Crippen molar-refractivity contribution in [3.05, 3.63) is 16.6 Å². The third kappa shape index (κ3) is 3.27. The van der Waals surface area contributed by atoms with Crippen LogP contribution in [0, 0.1) is 0 Å². The Hall–Kier alpha value is -0.450. The van der Waals surface area contributed by atoms with Crippen LogP contribution in [-0.2, 0) is 11.2 Å². The van der Waals surface area contributed by atoms with Gasteiger partial charge >= 0.3 is 0 Å². The molecule has 0 spiro atoms. The zero-order chi connectivity index (χ0) is 11.2. The van der Waals surface area contributed by atoms with Gasteiger partial charge in [0, 0.05) is 31.5 Å². The topological polar surface area (TPSA) is 34.1 Å². The number of aromatic nitrogens is 1. The fraction of sp³-hybridized carbons (Fsp3) is 0.750. The molecule has 90 valence electrons. The van der Waals surface area contributed by atoms with Crippen molar-refractivity contribution >= 4 is 11.3 Å². The summed E-state index contributed by atoms with van der Waals surface area (Å²) in [6, 6.07) is 0.539. The molecule has 3 nitrogen and oxygen atoms in total. The fourth-order valence-electron chi connectivity index (χ4n) is 2.36. The number of hydrogen-bond donors (Lipinski definition) is 1. The van der Waals surface area contributed by atoms with Crippen LogP contribution < -0.4 is 5.32 Å². The Bertz CT molecular complexity index is 289. The fourth-order valence-corrected chi connectivity index (χ4v) is 2.95. The molecule has 1 aliphatic rings. The highest BCUT2D eigenvalue weighted by molar-refractivity contribution is 7.07. The minimum atomic E-state index is 0.407. The highest BCUT2D eigenvalue weighted by atomic mass is 32.1. The highest BCUT2D eigenvalue weighted by Gasteiger charge is 2.23. The number of methoxy groups -OCH3 is 1. The molecule has 0 aliphatic heterocycles. The molecule has 16 heavy (non-hydrogen) atoms. The van der Waals surface area contributed by atoms with E-state index in [4.69, 9.17) is 4.74 Å². The second kappa shape index (κ2) is 6.33. The van der Waals surface area contributed by atoms with Gasteiger partial charge in [-0.2, -0.15) is 0 Å². The maximum Gasteiger partial charge on any atom is 0.0794 e. The van der Waals surface area contributed by atoms with Crippen molar-refractivity contribution in [3.8, 4) is 0 Å². The summed E-state index contributed by atoms with van der Waals surface area (Å²) in [5.74, 6) is 0. The van der Waals surface area contributed by atoms with Gasteiger partial charge in [-0.1, -0.05) is 12.8 Å². The molecule has 2 atom stereocenters. The molecule has 0 amide bonds. The summed E-state index contributed by atoms with van der Waals surface area (Å²) in [5.41, 5.74) is 3.09. The lowest BCUT2D eigenvalue weighted by Crippen LogP contribution is -2.43. The maximum atomic E-state index is 5.52. The van der Waals surface area contributed by atoms with Gasteiger partial charge in [0.2, 0.25) is 0 Å². The van der Waals surface area contributed by atoms with Gasteiger partial charge in [-0.05, 0) is 12.8 Å². The van der Waals surface area contributed by atoms with Crippen LogP contribution in [0.25, 0.3) is 0 Å². The smallest absolute Gasteiger partial charge is 0.0794 e. The summed E-state index contributed by atoms with van der Waals surface area (Å²) in [7, 11) is 1.82. The monoisotopic (exact) mass is 240 g/mol. The summed E-state index contributed by atoms with van der Waals surface area (Å²) in [5, 5.41) is 5.72. The summed E-state index contributed by atoms with van der Waals surface area (Å²) in [6.45, 7) is 1.01. The molecule has 0 aromatic carbocycles. The Labute approximate surface area is 101 Å². The molecule has 2 unspecified atom stereocenters. The van der Waals surface area contributed by atoms with Crippen LogP contribution in [0.15, 0.2) is 10.9 Å². The average molecular weight is 240 g/mol. The van der Waals surface area contributed by atoms with Crippen molar-refractivity contribution in [3.63, 3.8) is 0 Å². The average Bonchev–Trinajstić information content (AvgIpc) is 2.83. The van der Waals surface area contributed by atoms with Gasteiger partial charge in [-0.15, -0.1) is 11.3 Å². The molecule has 1 fully saturated rings. The molecule has 1 aromatic rings. The van der Waals surface area contributed by atoms with E-state index in [0.717, 1.165) is 13.0 Å². The largest absolute Gasteiger partial charge is 0.380 e. The first-order valence-corrected chi connectivity index (χ1v) is 6.97. The van der Waals surface area contributed by atoms with E-state index in [1.807, 2.05) is 12.6 Å². The second-order valence-corrected chi connectivity index (χ2v) is 5.07. The Morgan fingerprint density at radius 2 is 2.38 bits per heavy atom. The van der Waals surface area contributed by atoms with Crippen molar-refractivity contribution in [2.75, 3.05) is 13.7 Å². The minimum absolute atomic E-state index is 0.407. The molecule has 2 rings (SSSR count). The predicted octanol–water partition coefficient (Wildman–Crippen LogP) is 2.23. The zero-order valence-corrected chi connectivity index (χ0v) is 10.6. The number of ether oxygens (including phenoxy) is 1. The molecule has 1 aliphatic carbocycles. The Morgan fingerprint density at radius 3 is 3.12 bits per heavy atom. The van der Waals surface area contributed by atoms with E-state index in [9.17, 15) is 0 Å². The summed E-state index contributed by atoms with van der Waals surface area (Å²) in [6.07, 6.45) is 6.51. The maximum absolute atomic E-state index is 5.52. The van der Waals surface area contributed by atoms with Crippen molar-refractivity contribution < 1.29 is 4.74 Å². The SMILES string of the molecule is COC1CCCCC1NCCc1cscn1. The first kappa shape index (κ1) is 12.0. The van der Waals surface area contributed by atoms with E-state index in [1.165, 1.54) is 31.4 Å². The van der Waals surface area contributed by atoms with Crippen LogP contribution in [0.2, 0.25) is 0 Å². The van der Waals surface area contributed by atoms with Gasteiger partial charge in [0.05, 0.1) is 17.3 Å². The second-order valence-electron chi connectivity index (χ2n) is 4.35. The normalized spacial score (nSPS) is 25.8. The molecule has 1 saturated carbocycles. The van der Waals surface area contributed by atoms with Crippen LogP contribution in [0.5, 0.6) is 0 Å². The molecule has 0 radical (unpaired) electrons. The third-order valence-corrected chi connectivity index (χ3v) is 3.91. The van der Waals surface area contributed by atoms with E-state index in [1.54, 1.807) is 11.3 Å². The molecular formula is C12H20N2OS. The van der Waals surface area contributed by atoms with Gasteiger partial charge in [0.25, 0.3) is 0 Å². The number of hydrogen-bond acceptors (Lipinski definition) is 4. The zero-order valence-electron chi connectivity index (χ0n) is 9.82. The molecular weight excluding hydrogens is 220 g/mol. The van der Waals surface area contributed by atoms with Gasteiger partial charge in [-0.3, -0.25) is 0 Å². The van der Waals surface area contributed by atoms with Crippen molar-refractivity contribution in [2.45, 2.75) is 44.2 Å². The quantitative estimate of drug-likeness (QED) is 0.857. The van der Waals surface area contributed by atoms with Crippen molar-refractivity contribution in [1.82, 2.24) is 10.3 Å². The third-order valence-electron chi connectivity index (χ3n) is 3.28. The van der Waals surface area contributed by atoms with Crippen LogP contribution in [-0.4, -0.2) is 30.8 Å². The number of thiazole rings is 1. The number of nitrogens with one attached hydrogen (secondary N) is 1. The molecule has 1 heterocycles. The van der Waals surface area contributed by atoms with Crippen molar-refractivity contribution in [2.24, 2.45) is 0 Å². The minimum Gasteiger partial charge on any atom is -0.380 e. The van der Waals surface area contributed by atoms with E-state index in [2.05, 4.69) is 15.7 Å². The van der Waals surface area contributed by atoms with Crippen molar-refractivity contribution in [1.29, 1.82) is 0 Å². The van der Waals surface area contributed by atoms with E-state index in [-0.39, 0.29) is 0 Å². The number of nitrogens with zero attached hydrogens (tertiary/aromatic N) is 1. The van der Waals surface area contributed by atoms with Crippen LogP contribution >= 0.6 is 11.3 Å². The first-order valence-electron chi connectivity index (χ1n) is 6.03. The Balaban J connectivity index is 1.71. The number of rotatable bonds is 5. The lowest BCUT2D eigenvalue weighted by Gasteiger charge is -2.31. The van der Waals surface area contributed by atoms with Crippen LogP contribution in [0.3, 0.4) is 0 Å². The lowest BCUT2D eigenvalue weighted by atomic mass is 9.92. The summed E-state index contributed by atoms with van der Waals surface area (Å²) >= 11 is 1.67. The molecule has 0 bridgehead atoms. The van der Waals surface area contributed by atoms with Gasteiger partial charge in [0.15, 0.2) is 0 Å². The van der Waals surface area contributed by atoms with E-state index >= 15 is 0 Å². The predicted molar refractivity (Wildman–Crippen MR) is 66.9 cm³/mol. The van der Waals surface area contributed by atoms with Crippen LogP contribution in [0.1, 0.15) is 31.4 Å². The van der Waals surface area contributed by atoms with Crippen LogP contribution in [0.4, 0.5) is 0 Å². The van der Waals surface area contributed by atoms with Gasteiger partial charge in [-0.25, -0.2) is 4.98 Å². The van der Waals surface area contributed by atoms with Gasteiger partial charge < -0.3 is 10.1 Å². The lowest BCUT2D eigenvalue weighted by molar-refractivity contribution is 0.0421. The van der Waals surface area contributed by atoms with E-state index in [0.29, 0.717) is 12.1 Å². The summed E-state index contributed by atoms with van der Waals surface area (Å²) < 4.78 is 5.52. The Kier molecular flexibility index (Phi) is 4.75. The van der Waals surface area contributed by atoms with E-state index < -0.39 is 0 Å². The summed E-state index contributed by atoms with van der Waals surface area (Å²) in [4.78, 5) is 4.29. The highest BCUT2D eigenvalue weighted by Crippen LogP contribution is 2.20. The molecule has 0 saturated heterocycles. The standard InChI is InChI=1S/C12H20N2OS/c1-15-12-5-3-2-4-11(12)13-7-6-10-8-16-9-14-10/h8-9,11-13H,2-7H2,1H3. The molecule has 1 N–H and O–H groups in total. The molecule has 4 heteroatoms. The first-order chi connectivity index (χ1) is 7.90. The van der Waals surface area contributed by atoms with Gasteiger partial charge in [0.1, 0.15) is 0 Å².